The third-order valence-corrected chi connectivity index (χ3v) is 5.93. The molecule has 1 fully saturated rings. The van der Waals surface area contributed by atoms with E-state index in [-0.39, 0.29) is 40.2 Å². The van der Waals surface area contributed by atoms with Crippen LogP contribution in [0.5, 0.6) is 0 Å². The molecule has 4 rings (SSSR count). The zero-order chi connectivity index (χ0) is 27.1. The van der Waals surface area contributed by atoms with Crippen LogP contribution in [0.25, 0.3) is 16.9 Å². The topological polar surface area (TPSA) is 113 Å². The van der Waals surface area contributed by atoms with Crippen molar-refractivity contribution >= 4 is 22.9 Å². The summed E-state index contributed by atoms with van der Waals surface area (Å²) >= 11 is 0. The Morgan fingerprint density at radius 3 is 2.46 bits per heavy atom. The fourth-order valence-electron chi connectivity index (χ4n) is 4.40. The number of amides is 1. The van der Waals surface area contributed by atoms with E-state index in [1.165, 1.54) is 29.5 Å². The van der Waals surface area contributed by atoms with Gasteiger partial charge in [-0.25, -0.2) is 24.7 Å². The fourth-order valence-corrected chi connectivity index (χ4v) is 4.40. The number of rotatable bonds is 3. The maximum atomic E-state index is 13.6. The van der Waals surface area contributed by atoms with E-state index in [1.807, 2.05) is 24.8 Å². The number of carbonyl (C=O) groups excluding carboxylic acids is 1. The number of fused-ring (bicyclic) bond motifs is 1. The van der Waals surface area contributed by atoms with Gasteiger partial charge in [-0.3, -0.25) is 4.57 Å². The Morgan fingerprint density at radius 1 is 1.11 bits per heavy atom. The first-order valence-corrected chi connectivity index (χ1v) is 11.7. The monoisotopic (exact) mass is 516 g/mol. The summed E-state index contributed by atoms with van der Waals surface area (Å²) in [5, 5.41) is 9.44. The smallest absolute Gasteiger partial charge is 0.410 e. The molecule has 0 N–H and O–H groups in total. The number of carbonyl (C=O) groups is 1. The highest BCUT2D eigenvalue weighted by Gasteiger charge is 2.37. The van der Waals surface area contributed by atoms with Crippen molar-refractivity contribution in [1.82, 2.24) is 29.4 Å². The van der Waals surface area contributed by atoms with E-state index in [0.29, 0.717) is 18.9 Å². The van der Waals surface area contributed by atoms with Crippen LogP contribution in [0.1, 0.15) is 45.9 Å². The molecule has 37 heavy (non-hydrogen) atoms. The minimum atomic E-state index is -4.48. The van der Waals surface area contributed by atoms with Gasteiger partial charge in [-0.2, -0.15) is 18.4 Å². The van der Waals surface area contributed by atoms with Crippen molar-refractivity contribution in [2.75, 3.05) is 18.0 Å². The quantitative estimate of drug-likeness (QED) is 0.513. The minimum Gasteiger partial charge on any atom is -0.444 e. The number of aromatic nitrogens is 5. The molecule has 1 aliphatic heterocycles. The van der Waals surface area contributed by atoms with Gasteiger partial charge in [0.25, 0.3) is 0 Å². The van der Waals surface area contributed by atoms with Gasteiger partial charge in [-0.05, 0) is 40.2 Å². The molecule has 0 unspecified atom stereocenters. The van der Waals surface area contributed by atoms with Crippen molar-refractivity contribution in [3.05, 3.63) is 36.2 Å². The minimum absolute atomic E-state index is 0.0235. The Balaban J connectivity index is 1.78. The van der Waals surface area contributed by atoms with E-state index >= 15 is 0 Å². The maximum absolute atomic E-state index is 13.6. The van der Waals surface area contributed by atoms with Gasteiger partial charge in [0.1, 0.15) is 41.7 Å². The fraction of sp³-hybridized carbons (Fsp3) is 0.500. The molecule has 1 amide bonds. The Labute approximate surface area is 211 Å². The summed E-state index contributed by atoms with van der Waals surface area (Å²) in [4.78, 5) is 32.9. The summed E-state index contributed by atoms with van der Waals surface area (Å²) in [7, 11) is 0. The lowest BCUT2D eigenvalue weighted by Crippen LogP contribution is -2.59. The molecule has 3 aromatic rings. The number of nitriles is 1. The van der Waals surface area contributed by atoms with Gasteiger partial charge in [0, 0.05) is 37.4 Å². The van der Waals surface area contributed by atoms with Crippen LogP contribution in [-0.2, 0) is 11.2 Å². The third-order valence-electron chi connectivity index (χ3n) is 5.93. The lowest BCUT2D eigenvalue weighted by Gasteiger charge is -2.44. The molecule has 0 bridgehead atoms. The summed E-state index contributed by atoms with van der Waals surface area (Å²) in [5.41, 5.74) is -0.386. The van der Waals surface area contributed by atoms with Crippen molar-refractivity contribution in [3.8, 4) is 11.9 Å². The first-order valence-electron chi connectivity index (χ1n) is 11.7. The summed E-state index contributed by atoms with van der Waals surface area (Å²) in [6, 6.07) is 2.72. The molecular formula is C24H27F3N8O2. The van der Waals surface area contributed by atoms with Gasteiger partial charge >= 0.3 is 12.3 Å². The number of alkyl halides is 3. The number of halogens is 3. The average Bonchev–Trinajstić information content (AvgIpc) is 3.16. The van der Waals surface area contributed by atoms with Gasteiger partial charge in [0.15, 0.2) is 5.65 Å². The number of nitrogens with zero attached hydrogens (tertiary/aromatic N) is 8. The van der Waals surface area contributed by atoms with Crippen molar-refractivity contribution in [2.45, 2.75) is 64.9 Å². The first kappa shape index (κ1) is 26.1. The van der Waals surface area contributed by atoms with Crippen LogP contribution in [0.4, 0.5) is 23.8 Å². The number of hydrogen-bond donors (Lipinski definition) is 0. The number of piperazine rings is 1. The van der Waals surface area contributed by atoms with Gasteiger partial charge < -0.3 is 14.5 Å². The molecule has 1 saturated heterocycles. The number of ether oxygens (including phenoxy) is 1. The Bertz CT molecular complexity index is 1360. The van der Waals surface area contributed by atoms with E-state index in [1.54, 1.807) is 25.7 Å². The van der Waals surface area contributed by atoms with E-state index in [0.717, 1.165) is 0 Å². The van der Waals surface area contributed by atoms with Crippen LogP contribution in [-0.4, -0.2) is 72.4 Å². The second-order valence-electron chi connectivity index (χ2n) is 10.1. The van der Waals surface area contributed by atoms with E-state index in [9.17, 15) is 23.2 Å². The SMILES string of the molecule is C[C@@H]1CN(c2ncnc3c2c(CC(F)(F)F)cn3-c2cc(C#N)ncn2)[C@@H](C)CN1C(=O)OC(C)(C)C. The molecule has 13 heteroatoms. The number of anilines is 1. The highest BCUT2D eigenvalue weighted by molar-refractivity contribution is 5.92. The molecule has 0 saturated carbocycles. The lowest BCUT2D eigenvalue weighted by molar-refractivity contribution is -0.127. The van der Waals surface area contributed by atoms with Crippen molar-refractivity contribution in [1.29, 1.82) is 5.26 Å². The molecule has 0 spiro atoms. The van der Waals surface area contributed by atoms with Crippen molar-refractivity contribution in [3.63, 3.8) is 0 Å². The van der Waals surface area contributed by atoms with Gasteiger partial charge in [-0.15, -0.1) is 0 Å². The van der Waals surface area contributed by atoms with Crippen LogP contribution in [0, 0.1) is 11.3 Å². The Hall–Kier alpha value is -3.95. The van der Waals surface area contributed by atoms with Crippen LogP contribution in [0.3, 0.4) is 0 Å². The zero-order valence-electron chi connectivity index (χ0n) is 21.1. The normalized spacial score (nSPS) is 18.7. The maximum Gasteiger partial charge on any atom is 0.410 e. The molecule has 10 nitrogen and oxygen atoms in total. The van der Waals surface area contributed by atoms with E-state index in [2.05, 4.69) is 19.9 Å². The lowest BCUT2D eigenvalue weighted by atomic mass is 10.1. The molecule has 2 atom stereocenters. The van der Waals surface area contributed by atoms with E-state index in [4.69, 9.17) is 4.74 Å². The molecule has 1 aliphatic rings. The first-order chi connectivity index (χ1) is 17.3. The van der Waals surface area contributed by atoms with Crippen LogP contribution in [0.15, 0.2) is 24.9 Å². The predicted octanol–water partition coefficient (Wildman–Crippen LogP) is 4.02. The molecule has 0 aromatic carbocycles. The molecule has 0 radical (unpaired) electrons. The highest BCUT2D eigenvalue weighted by atomic mass is 19.4. The van der Waals surface area contributed by atoms with Crippen molar-refractivity contribution < 1.29 is 22.7 Å². The second kappa shape index (κ2) is 9.49. The van der Waals surface area contributed by atoms with Gasteiger partial charge in [0.2, 0.25) is 0 Å². The predicted molar refractivity (Wildman–Crippen MR) is 128 cm³/mol. The van der Waals surface area contributed by atoms with Gasteiger partial charge in [0.05, 0.1) is 11.8 Å². The van der Waals surface area contributed by atoms with Crippen LogP contribution < -0.4 is 4.90 Å². The summed E-state index contributed by atoms with van der Waals surface area (Å²) in [5.74, 6) is 0.548. The third kappa shape index (κ3) is 5.58. The summed E-state index contributed by atoms with van der Waals surface area (Å²) in [6.07, 6.45) is -2.34. The molecule has 0 aliphatic carbocycles. The second-order valence-corrected chi connectivity index (χ2v) is 10.1. The van der Waals surface area contributed by atoms with Crippen LogP contribution in [0.2, 0.25) is 0 Å². The molecule has 4 heterocycles. The largest absolute Gasteiger partial charge is 0.444 e. The Kier molecular flexibility index (Phi) is 6.70. The summed E-state index contributed by atoms with van der Waals surface area (Å²) < 4.78 is 47.7. The molecule has 3 aromatic heterocycles. The highest BCUT2D eigenvalue weighted by Crippen LogP contribution is 2.36. The Morgan fingerprint density at radius 2 is 1.81 bits per heavy atom. The van der Waals surface area contributed by atoms with Gasteiger partial charge in [-0.1, -0.05) is 0 Å². The number of hydrogen-bond acceptors (Lipinski definition) is 8. The van der Waals surface area contributed by atoms with Crippen LogP contribution >= 0.6 is 0 Å². The average molecular weight is 517 g/mol. The summed E-state index contributed by atoms with van der Waals surface area (Å²) in [6.45, 7) is 9.73. The van der Waals surface area contributed by atoms with E-state index < -0.39 is 24.3 Å². The standard InChI is InChI=1S/C24H27F3N8O2/c1-14-10-34(22(36)37-23(3,4)5)15(2)9-33(14)20-19-16(7-24(25,26)27)11-35(21(19)32-13-31-20)18-6-17(8-28)29-12-30-18/h6,11-15H,7,9-10H2,1-5H3/t14-,15+/m0/s1. The zero-order valence-corrected chi connectivity index (χ0v) is 21.1. The molecule has 196 valence electrons. The van der Waals surface area contributed by atoms with Crippen molar-refractivity contribution in [2.24, 2.45) is 0 Å². The molecular weight excluding hydrogens is 489 g/mol.